The summed E-state index contributed by atoms with van der Waals surface area (Å²) in [6.45, 7) is 0.343. The number of rotatable bonds is 10. The Morgan fingerprint density at radius 1 is 0.643 bits per heavy atom. The molecule has 0 saturated carbocycles. The molecule has 0 aliphatic heterocycles. The van der Waals surface area contributed by atoms with Crippen LogP contribution in [0.5, 0.6) is 11.5 Å². The quantitative estimate of drug-likeness (QED) is 0.0729. The molecule has 0 heterocycles. The van der Waals surface area contributed by atoms with Gasteiger partial charge in [-0.15, -0.1) is 0 Å². The topological polar surface area (TPSA) is 125 Å². The third kappa shape index (κ3) is 13.3. The average Bonchev–Trinajstić information content (AvgIpc) is 2.99. The van der Waals surface area contributed by atoms with E-state index in [1.165, 1.54) is 18.2 Å². The van der Waals surface area contributed by atoms with Gasteiger partial charge in [0, 0.05) is 17.5 Å². The molecular formula is C28H25Br4N2O7P. The number of hydrogen-bond donors (Lipinski definition) is 1. The number of alkyl halides is 1. The van der Waals surface area contributed by atoms with Crippen molar-refractivity contribution < 1.29 is 24.4 Å². The van der Waals surface area contributed by atoms with E-state index < -0.39 is 9.85 Å². The normalized spacial score (nSPS) is 10.0. The van der Waals surface area contributed by atoms with Crippen molar-refractivity contribution in [3.05, 3.63) is 140 Å². The zero-order valence-corrected chi connectivity index (χ0v) is 29.1. The minimum Gasteiger partial charge on any atom is -0.482 e. The van der Waals surface area contributed by atoms with Crippen LogP contribution >= 0.6 is 66.4 Å². The van der Waals surface area contributed by atoms with Crippen molar-refractivity contribution in [2.75, 3.05) is 0 Å². The van der Waals surface area contributed by atoms with E-state index in [1.807, 2.05) is 66.7 Å². The Labute approximate surface area is 276 Å². The van der Waals surface area contributed by atoms with Crippen molar-refractivity contribution in [1.29, 1.82) is 0 Å². The smallest absolute Gasteiger partial charge is 0.311 e. The Kier molecular flexibility index (Phi) is 16.8. The number of nitrogens with zero attached hydrogens (tertiary/aromatic N) is 2. The molecule has 0 aliphatic carbocycles. The molecule has 0 atom stereocenters. The molecular weight excluding hydrogens is 827 g/mol. The van der Waals surface area contributed by atoms with Crippen molar-refractivity contribution in [2.45, 2.75) is 25.2 Å². The second kappa shape index (κ2) is 19.7. The molecule has 0 fully saturated rings. The van der Waals surface area contributed by atoms with Crippen LogP contribution < -0.4 is 9.47 Å². The van der Waals surface area contributed by atoms with E-state index in [4.69, 9.17) is 14.6 Å². The Morgan fingerprint density at radius 3 is 1.38 bits per heavy atom. The summed E-state index contributed by atoms with van der Waals surface area (Å²) in [5.74, 6) is 0.490. The summed E-state index contributed by atoms with van der Waals surface area (Å²) in [6, 6.07) is 28.4. The summed E-state index contributed by atoms with van der Waals surface area (Å²) in [5.41, 5.74) is 3.09. The summed E-state index contributed by atoms with van der Waals surface area (Å²) < 4.78 is 10.8. The van der Waals surface area contributed by atoms with Crippen LogP contribution in [0.25, 0.3) is 0 Å². The van der Waals surface area contributed by atoms with Crippen molar-refractivity contribution >= 4 is 77.8 Å². The molecule has 4 rings (SSSR count). The maximum atomic E-state index is 11.0. The van der Waals surface area contributed by atoms with Gasteiger partial charge in [0.05, 0.1) is 16.5 Å². The number of nitro benzene ring substituents is 2. The minimum absolute atomic E-state index is 0.00659. The summed E-state index contributed by atoms with van der Waals surface area (Å²) in [4.78, 5) is 21.0. The molecule has 4 aromatic rings. The second-order valence-corrected chi connectivity index (χ2v) is 24.0. The van der Waals surface area contributed by atoms with Gasteiger partial charge < -0.3 is 14.6 Å². The van der Waals surface area contributed by atoms with E-state index in [2.05, 4.69) is 62.4 Å². The number of aliphatic hydroxyl groups is 1. The highest BCUT2D eigenvalue weighted by Gasteiger charge is 2.17. The highest BCUT2D eigenvalue weighted by molar-refractivity contribution is 9.93. The van der Waals surface area contributed by atoms with Gasteiger partial charge in [-0.05, 0) is 80.9 Å². The summed E-state index contributed by atoms with van der Waals surface area (Å²) in [6.07, 6.45) is 0. The molecule has 0 bridgehead atoms. The van der Waals surface area contributed by atoms with Gasteiger partial charge in [-0.1, -0.05) is 88.7 Å². The Balaban J connectivity index is 0.000000261. The number of halogens is 4. The van der Waals surface area contributed by atoms with Gasteiger partial charge in [0.15, 0.2) is 11.5 Å². The molecule has 9 nitrogen and oxygen atoms in total. The van der Waals surface area contributed by atoms with Gasteiger partial charge in [-0.2, -0.15) is 0 Å². The lowest BCUT2D eigenvalue weighted by molar-refractivity contribution is -0.386. The standard InChI is InChI=1S/C14H12BrNO3.C14H13NO4.Br3P/c15-9-12-6-7-14(13(8-12)16(17)18)19-10-11-4-2-1-3-5-11;16-9-12-6-7-14(13(8-12)15(17)18)19-10-11-4-2-1-3-5-11;1-4(2)3/h1-8H,9-10H2;1-8,16H,9-10H2;. The van der Waals surface area contributed by atoms with Crippen molar-refractivity contribution in [1.82, 2.24) is 0 Å². The van der Waals surface area contributed by atoms with Gasteiger partial charge in [0.1, 0.15) is 17.2 Å². The van der Waals surface area contributed by atoms with E-state index in [1.54, 1.807) is 12.1 Å². The third-order valence-electron chi connectivity index (χ3n) is 5.25. The molecule has 4 aromatic carbocycles. The second-order valence-electron chi connectivity index (χ2n) is 8.15. The first kappa shape index (κ1) is 35.8. The maximum absolute atomic E-state index is 11.0. The molecule has 222 valence electrons. The Hall–Kier alpha value is -2.41. The number of aliphatic hydroxyl groups excluding tert-OH is 1. The number of ether oxygens (including phenoxy) is 2. The van der Waals surface area contributed by atoms with E-state index in [0.717, 1.165) is 16.7 Å². The predicted molar refractivity (Wildman–Crippen MR) is 180 cm³/mol. The average molecular weight is 852 g/mol. The van der Waals surface area contributed by atoms with Gasteiger partial charge >= 0.3 is 11.4 Å². The van der Waals surface area contributed by atoms with E-state index >= 15 is 0 Å². The van der Waals surface area contributed by atoms with E-state index in [-0.39, 0.29) is 34.4 Å². The molecule has 0 radical (unpaired) electrons. The van der Waals surface area contributed by atoms with Crippen molar-refractivity contribution in [2.24, 2.45) is 0 Å². The maximum Gasteiger partial charge on any atom is 0.311 e. The summed E-state index contributed by atoms with van der Waals surface area (Å²) in [5, 5.41) is 31.5. The zero-order valence-electron chi connectivity index (χ0n) is 21.8. The van der Waals surface area contributed by atoms with Gasteiger partial charge in [0.25, 0.3) is 0 Å². The van der Waals surface area contributed by atoms with Crippen LogP contribution in [-0.2, 0) is 25.2 Å². The van der Waals surface area contributed by atoms with Crippen LogP contribution in [-0.4, -0.2) is 15.0 Å². The first-order chi connectivity index (χ1) is 20.1. The van der Waals surface area contributed by atoms with Gasteiger partial charge in [-0.3, -0.25) is 20.2 Å². The Bertz CT molecular complexity index is 1310. The number of benzene rings is 4. The molecule has 0 saturated heterocycles. The molecule has 0 amide bonds. The summed E-state index contributed by atoms with van der Waals surface area (Å²) in [7, 11) is 0. The van der Waals surface area contributed by atoms with Crippen LogP contribution in [0.3, 0.4) is 0 Å². The van der Waals surface area contributed by atoms with Crippen molar-refractivity contribution in [3.8, 4) is 11.5 Å². The van der Waals surface area contributed by atoms with Crippen LogP contribution in [0.1, 0.15) is 22.3 Å². The molecule has 0 aromatic heterocycles. The first-order valence-corrected chi connectivity index (χ1v) is 20.5. The zero-order chi connectivity index (χ0) is 30.9. The van der Waals surface area contributed by atoms with Crippen LogP contribution in [0, 0.1) is 20.2 Å². The number of hydrogen-bond acceptors (Lipinski definition) is 7. The fourth-order valence-electron chi connectivity index (χ4n) is 3.31. The SMILES string of the molecule is BrP(Br)Br.O=[N+]([O-])c1cc(CBr)ccc1OCc1ccccc1.O=[N+]([O-])c1cc(CO)ccc1OCc1ccccc1. The highest BCUT2D eigenvalue weighted by atomic mass is 80.0. The van der Waals surface area contributed by atoms with E-state index in [9.17, 15) is 20.2 Å². The molecule has 14 heteroatoms. The van der Waals surface area contributed by atoms with Crippen LogP contribution in [0.2, 0.25) is 0 Å². The first-order valence-electron chi connectivity index (χ1n) is 12.0. The molecule has 0 aliphatic rings. The summed E-state index contributed by atoms with van der Waals surface area (Å²) >= 11 is 12.8. The monoisotopic (exact) mass is 848 g/mol. The molecule has 0 spiro atoms. The fraction of sp³-hybridized carbons (Fsp3) is 0.143. The van der Waals surface area contributed by atoms with Crippen LogP contribution in [0.4, 0.5) is 11.4 Å². The number of nitro groups is 2. The molecule has 42 heavy (non-hydrogen) atoms. The van der Waals surface area contributed by atoms with Crippen molar-refractivity contribution in [3.63, 3.8) is 0 Å². The molecule has 0 unspecified atom stereocenters. The molecule has 1 N–H and O–H groups in total. The predicted octanol–water partition coefficient (Wildman–Crippen LogP) is 10.1. The Morgan fingerprint density at radius 2 is 1.02 bits per heavy atom. The van der Waals surface area contributed by atoms with E-state index in [0.29, 0.717) is 23.2 Å². The third-order valence-corrected chi connectivity index (χ3v) is 5.90. The van der Waals surface area contributed by atoms with Gasteiger partial charge in [-0.25, -0.2) is 0 Å². The lowest BCUT2D eigenvalue weighted by Gasteiger charge is -2.07. The van der Waals surface area contributed by atoms with Gasteiger partial charge in [0.2, 0.25) is 0 Å². The lowest BCUT2D eigenvalue weighted by Crippen LogP contribution is -2.00. The largest absolute Gasteiger partial charge is 0.482 e. The minimum atomic E-state index is -0.514. The van der Waals surface area contributed by atoms with Crippen LogP contribution in [0.15, 0.2) is 97.1 Å². The fourth-order valence-corrected chi connectivity index (χ4v) is 3.66. The lowest BCUT2D eigenvalue weighted by atomic mass is 10.2. The highest BCUT2D eigenvalue weighted by Crippen LogP contribution is 2.59.